The van der Waals surface area contributed by atoms with Gasteiger partial charge in [-0.05, 0) is 107 Å². The standard InChI is InChI=1S/C42H64O9S/c1-4-13-32-20-22-33(23-21-32)37(49-41-16-9-11-28-47-41)27-26-36-35(14-7-5-6-8-15-40(43)46-3)39(30-38(36)50-42-17-10-12-29-48-42)51-52(44,45)34-24-18-31(2)19-25-34/h5,7,18-19,24-27,32-33,35-39,41-42H,4,6,8-17,20-23,28-30H2,1-3H3/b7-5-,27-26+/t32?,33?,35-,36-,37+,38-,39-,41?,42?/m1/s1. The molecule has 0 amide bonds. The molecule has 292 valence electrons. The van der Waals surface area contributed by atoms with Crippen LogP contribution in [-0.2, 0) is 42.8 Å². The van der Waals surface area contributed by atoms with Crippen molar-refractivity contribution in [3.8, 4) is 0 Å². The smallest absolute Gasteiger partial charge is 0.305 e. The molecular weight excluding hydrogens is 681 g/mol. The number of allylic oxidation sites excluding steroid dienone is 2. The van der Waals surface area contributed by atoms with Gasteiger partial charge in [0.05, 0.1) is 30.3 Å². The lowest BCUT2D eigenvalue weighted by atomic mass is 9.77. The Morgan fingerprint density at radius 2 is 1.63 bits per heavy atom. The van der Waals surface area contributed by atoms with Gasteiger partial charge in [0.25, 0.3) is 10.1 Å². The van der Waals surface area contributed by atoms with Crippen LogP contribution in [0.1, 0.15) is 122 Å². The normalized spacial score (nSPS) is 30.9. The van der Waals surface area contributed by atoms with Gasteiger partial charge in [-0.2, -0.15) is 8.42 Å². The highest BCUT2D eigenvalue weighted by molar-refractivity contribution is 7.86. The number of ether oxygens (including phenoxy) is 5. The van der Waals surface area contributed by atoms with Crippen molar-refractivity contribution in [2.24, 2.45) is 23.7 Å². The minimum absolute atomic E-state index is 0.0944. The molecule has 52 heavy (non-hydrogen) atoms. The molecule has 1 aromatic rings. The summed E-state index contributed by atoms with van der Waals surface area (Å²) in [7, 11) is -2.62. The predicted octanol–water partition coefficient (Wildman–Crippen LogP) is 8.98. The maximum atomic E-state index is 13.7. The highest BCUT2D eigenvalue weighted by Crippen LogP contribution is 2.43. The number of hydrogen-bond acceptors (Lipinski definition) is 9. The number of carbonyl (C=O) groups excluding carboxylic acids is 1. The monoisotopic (exact) mass is 744 g/mol. The number of esters is 1. The van der Waals surface area contributed by atoms with E-state index in [1.54, 1.807) is 24.3 Å². The second kappa shape index (κ2) is 21.1. The van der Waals surface area contributed by atoms with Crippen molar-refractivity contribution < 1.29 is 41.1 Å². The zero-order valence-corrected chi connectivity index (χ0v) is 32.6. The number of aryl methyl sites for hydroxylation is 1. The Hall–Kier alpha value is -2.08. The molecule has 2 saturated carbocycles. The van der Waals surface area contributed by atoms with E-state index in [-0.39, 0.29) is 47.5 Å². The van der Waals surface area contributed by atoms with Gasteiger partial charge in [0, 0.05) is 32.0 Å². The van der Waals surface area contributed by atoms with Gasteiger partial charge in [0.2, 0.25) is 0 Å². The molecule has 5 rings (SSSR count). The molecular formula is C42H64O9S. The highest BCUT2D eigenvalue weighted by atomic mass is 32.2. The Morgan fingerprint density at radius 3 is 2.29 bits per heavy atom. The van der Waals surface area contributed by atoms with E-state index in [0.29, 0.717) is 38.2 Å². The van der Waals surface area contributed by atoms with Crippen LogP contribution in [0, 0.1) is 30.6 Å². The molecule has 0 aromatic heterocycles. The summed E-state index contributed by atoms with van der Waals surface area (Å²) in [5, 5.41) is 0. The molecule has 4 aliphatic rings. The molecule has 7 atom stereocenters. The van der Waals surface area contributed by atoms with E-state index in [1.165, 1.54) is 32.8 Å². The van der Waals surface area contributed by atoms with Crippen LogP contribution in [-0.4, -0.2) is 65.6 Å². The molecule has 2 aliphatic carbocycles. The number of rotatable bonds is 18. The lowest BCUT2D eigenvalue weighted by Crippen LogP contribution is -2.34. The van der Waals surface area contributed by atoms with E-state index in [1.807, 2.05) is 6.92 Å². The second-order valence-corrected chi connectivity index (χ2v) is 16.9. The Morgan fingerprint density at radius 1 is 0.923 bits per heavy atom. The molecule has 0 N–H and O–H groups in total. The van der Waals surface area contributed by atoms with Gasteiger partial charge >= 0.3 is 5.97 Å². The minimum Gasteiger partial charge on any atom is -0.469 e. The van der Waals surface area contributed by atoms with Crippen LogP contribution in [0.15, 0.2) is 53.5 Å². The number of carbonyl (C=O) groups is 1. The Bertz CT molecular complexity index is 1360. The van der Waals surface area contributed by atoms with E-state index in [9.17, 15) is 13.2 Å². The summed E-state index contributed by atoms with van der Waals surface area (Å²) in [6.07, 6.45) is 23.1. The lowest BCUT2D eigenvalue weighted by molar-refractivity contribution is -0.193. The summed E-state index contributed by atoms with van der Waals surface area (Å²) in [6.45, 7) is 5.60. The summed E-state index contributed by atoms with van der Waals surface area (Å²) in [4.78, 5) is 11.8. The first-order valence-electron chi connectivity index (χ1n) is 20.2. The van der Waals surface area contributed by atoms with Crippen LogP contribution < -0.4 is 0 Å². The maximum Gasteiger partial charge on any atom is 0.305 e. The largest absolute Gasteiger partial charge is 0.469 e. The van der Waals surface area contributed by atoms with E-state index >= 15 is 0 Å². The van der Waals surface area contributed by atoms with Crippen molar-refractivity contribution in [3.63, 3.8) is 0 Å². The van der Waals surface area contributed by atoms with Crippen LogP contribution in [0.3, 0.4) is 0 Å². The number of benzene rings is 1. The van der Waals surface area contributed by atoms with Gasteiger partial charge in [-0.1, -0.05) is 74.6 Å². The zero-order chi connectivity index (χ0) is 36.8. The number of hydrogen-bond donors (Lipinski definition) is 0. The Kier molecular flexibility index (Phi) is 16.7. The maximum absolute atomic E-state index is 13.7. The molecule has 0 bridgehead atoms. The molecule has 2 aliphatic heterocycles. The summed E-state index contributed by atoms with van der Waals surface area (Å²) in [5.74, 6) is 0.673. The summed E-state index contributed by atoms with van der Waals surface area (Å²) >= 11 is 0. The van der Waals surface area contributed by atoms with E-state index in [4.69, 9.17) is 27.9 Å². The average Bonchev–Trinajstić information content (AvgIpc) is 3.46. The fourth-order valence-corrected chi connectivity index (χ4v) is 9.58. The van der Waals surface area contributed by atoms with Gasteiger partial charge in [0.15, 0.2) is 12.6 Å². The molecule has 0 radical (unpaired) electrons. The van der Waals surface area contributed by atoms with Crippen molar-refractivity contribution in [1.82, 2.24) is 0 Å². The summed E-state index contributed by atoms with van der Waals surface area (Å²) in [5.41, 5.74) is 0.982. The van der Waals surface area contributed by atoms with E-state index in [0.717, 1.165) is 75.9 Å². The van der Waals surface area contributed by atoms with Crippen LogP contribution in [0.25, 0.3) is 0 Å². The third-order valence-electron chi connectivity index (χ3n) is 11.5. The average molecular weight is 745 g/mol. The SMILES string of the molecule is CCCC1CCC([C@H](/C=C/[C@@H]2[C@@H](C/C=C\CCCC(=O)OC)[C@H](OS(=O)(=O)c3ccc(C)cc3)C[C@H]2OC2CCCCO2)OC2CCCCO2)CC1. The second-order valence-electron chi connectivity index (χ2n) is 15.4. The van der Waals surface area contributed by atoms with Crippen LogP contribution in [0.2, 0.25) is 0 Å². The first kappa shape index (κ1) is 41.1. The van der Waals surface area contributed by atoms with E-state index in [2.05, 4.69) is 31.2 Å². The molecule has 2 saturated heterocycles. The van der Waals surface area contributed by atoms with Crippen molar-refractivity contribution >= 4 is 16.1 Å². The van der Waals surface area contributed by atoms with Crippen molar-refractivity contribution in [3.05, 3.63) is 54.1 Å². The molecule has 2 unspecified atom stereocenters. The Labute approximate surface area is 313 Å². The van der Waals surface area contributed by atoms with Crippen LogP contribution >= 0.6 is 0 Å². The van der Waals surface area contributed by atoms with Gasteiger partial charge in [0.1, 0.15) is 0 Å². The fraction of sp³-hybridized carbons (Fsp3) is 0.738. The van der Waals surface area contributed by atoms with Gasteiger partial charge in [-0.3, -0.25) is 8.98 Å². The van der Waals surface area contributed by atoms with Gasteiger partial charge in [-0.25, -0.2) is 0 Å². The van der Waals surface area contributed by atoms with Gasteiger partial charge in [-0.15, -0.1) is 0 Å². The topological polar surface area (TPSA) is 107 Å². The van der Waals surface area contributed by atoms with Gasteiger partial charge < -0.3 is 23.7 Å². The number of methoxy groups -OCH3 is 1. The highest BCUT2D eigenvalue weighted by Gasteiger charge is 2.46. The van der Waals surface area contributed by atoms with Crippen LogP contribution in [0.5, 0.6) is 0 Å². The summed E-state index contributed by atoms with van der Waals surface area (Å²) in [6, 6.07) is 6.82. The van der Waals surface area contributed by atoms with Crippen molar-refractivity contribution in [1.29, 1.82) is 0 Å². The third kappa shape index (κ3) is 12.5. The fourth-order valence-electron chi connectivity index (χ4n) is 8.45. The summed E-state index contributed by atoms with van der Waals surface area (Å²) < 4.78 is 64.0. The van der Waals surface area contributed by atoms with Crippen molar-refractivity contribution in [2.45, 2.75) is 159 Å². The van der Waals surface area contributed by atoms with E-state index < -0.39 is 16.2 Å². The molecule has 10 heteroatoms. The molecule has 9 nitrogen and oxygen atoms in total. The first-order valence-corrected chi connectivity index (χ1v) is 21.6. The minimum atomic E-state index is -4.03. The molecule has 4 fully saturated rings. The van der Waals surface area contributed by atoms with Crippen LogP contribution in [0.4, 0.5) is 0 Å². The lowest BCUT2D eigenvalue weighted by Gasteiger charge is -2.35. The van der Waals surface area contributed by atoms with Crippen molar-refractivity contribution in [2.75, 3.05) is 20.3 Å². The first-order chi connectivity index (χ1) is 25.3. The third-order valence-corrected chi connectivity index (χ3v) is 12.8. The predicted molar refractivity (Wildman–Crippen MR) is 201 cm³/mol. The quantitative estimate of drug-likeness (QED) is 0.0630. The molecule has 2 heterocycles. The molecule has 1 aromatic carbocycles. The zero-order valence-electron chi connectivity index (χ0n) is 31.8. The number of unbranched alkanes of at least 4 members (excludes halogenated alkanes) is 1. The Balaban J connectivity index is 1.41. The molecule has 0 spiro atoms.